The van der Waals surface area contributed by atoms with Gasteiger partial charge in [0.2, 0.25) is 0 Å². The number of esters is 1. The van der Waals surface area contributed by atoms with Gasteiger partial charge in [-0.3, -0.25) is 0 Å². The third-order valence-corrected chi connectivity index (χ3v) is 3.37. The Kier molecular flexibility index (Phi) is 4.11. The average Bonchev–Trinajstić information content (AvgIpc) is 2.58. The predicted molar refractivity (Wildman–Crippen MR) is 90.9 cm³/mol. The normalized spacial score (nSPS) is 10.3. The molecule has 3 aromatic rings. The minimum absolute atomic E-state index is 0.360. The minimum atomic E-state index is -0.438. The molecular formula is C20H16O3. The van der Waals surface area contributed by atoms with Crippen LogP contribution in [0.15, 0.2) is 78.9 Å². The average molecular weight is 304 g/mol. The van der Waals surface area contributed by atoms with Crippen LogP contribution in [-0.4, -0.2) is 5.97 Å². The van der Waals surface area contributed by atoms with Crippen molar-refractivity contribution in [1.82, 2.24) is 0 Å². The van der Waals surface area contributed by atoms with E-state index in [0.29, 0.717) is 17.1 Å². The van der Waals surface area contributed by atoms with Crippen molar-refractivity contribution in [2.45, 2.75) is 6.92 Å². The van der Waals surface area contributed by atoms with Crippen LogP contribution in [0, 0.1) is 0 Å². The molecule has 114 valence electrons. The monoisotopic (exact) mass is 304 g/mol. The summed E-state index contributed by atoms with van der Waals surface area (Å²) in [4.78, 5) is 11.8. The van der Waals surface area contributed by atoms with Crippen LogP contribution in [0.2, 0.25) is 0 Å². The molecule has 0 saturated carbocycles. The Labute approximate surface area is 134 Å². The lowest BCUT2D eigenvalue weighted by molar-refractivity contribution is -0.129. The fraction of sp³-hybridized carbons (Fsp3) is 0.0500. The van der Waals surface area contributed by atoms with Crippen molar-refractivity contribution >= 4 is 16.7 Å². The van der Waals surface area contributed by atoms with Gasteiger partial charge in [0.25, 0.3) is 0 Å². The number of hydrogen-bond acceptors (Lipinski definition) is 3. The molecule has 0 heterocycles. The van der Waals surface area contributed by atoms with E-state index >= 15 is 0 Å². The maximum Gasteiger partial charge on any atom is 0.338 e. The first-order valence-electron chi connectivity index (χ1n) is 7.27. The van der Waals surface area contributed by atoms with Gasteiger partial charge in [0.1, 0.15) is 17.2 Å². The Hall–Kier alpha value is -3.07. The lowest BCUT2D eigenvalue weighted by Crippen LogP contribution is -2.08. The molecule has 0 unspecified atom stereocenters. The van der Waals surface area contributed by atoms with Gasteiger partial charge in [0.05, 0.1) is 0 Å². The van der Waals surface area contributed by atoms with Crippen LogP contribution in [-0.2, 0) is 4.79 Å². The van der Waals surface area contributed by atoms with E-state index in [1.807, 2.05) is 54.6 Å². The molecule has 23 heavy (non-hydrogen) atoms. The number of benzene rings is 3. The number of para-hydroxylation sites is 1. The highest BCUT2D eigenvalue weighted by Gasteiger charge is 2.12. The molecule has 0 spiro atoms. The fourth-order valence-corrected chi connectivity index (χ4v) is 2.22. The maximum absolute atomic E-state index is 11.8. The fourth-order valence-electron chi connectivity index (χ4n) is 2.22. The van der Waals surface area contributed by atoms with Crippen molar-refractivity contribution < 1.29 is 14.3 Å². The second-order valence-electron chi connectivity index (χ2n) is 5.19. The predicted octanol–water partition coefficient (Wildman–Crippen LogP) is 5.11. The summed E-state index contributed by atoms with van der Waals surface area (Å²) in [6, 6.07) is 20.7. The van der Waals surface area contributed by atoms with Gasteiger partial charge >= 0.3 is 5.97 Å². The Morgan fingerprint density at radius 1 is 0.826 bits per heavy atom. The van der Waals surface area contributed by atoms with E-state index in [1.54, 1.807) is 19.1 Å². The molecule has 0 radical (unpaired) electrons. The molecule has 0 aliphatic carbocycles. The van der Waals surface area contributed by atoms with Crippen LogP contribution in [0.3, 0.4) is 0 Å². The van der Waals surface area contributed by atoms with Crippen molar-refractivity contribution in [2.24, 2.45) is 0 Å². The molecule has 3 nitrogen and oxygen atoms in total. The topological polar surface area (TPSA) is 35.5 Å². The molecule has 0 fully saturated rings. The van der Waals surface area contributed by atoms with E-state index in [9.17, 15) is 4.79 Å². The smallest absolute Gasteiger partial charge is 0.338 e. The standard InChI is InChI=1S/C20H16O3/c1-14(2)20(21)23-19-13-12-18(16-10-6-7-11-17(16)19)22-15-8-4-3-5-9-15/h3-13H,1H2,2H3. The highest BCUT2D eigenvalue weighted by Crippen LogP contribution is 2.35. The third-order valence-electron chi connectivity index (χ3n) is 3.37. The Balaban J connectivity index is 2.02. The van der Waals surface area contributed by atoms with Crippen molar-refractivity contribution in [1.29, 1.82) is 0 Å². The van der Waals surface area contributed by atoms with Crippen LogP contribution in [0.1, 0.15) is 6.92 Å². The van der Waals surface area contributed by atoms with Crippen LogP contribution in [0.5, 0.6) is 17.2 Å². The first-order valence-corrected chi connectivity index (χ1v) is 7.27. The SMILES string of the molecule is C=C(C)C(=O)Oc1ccc(Oc2ccccc2)c2ccccc12. The lowest BCUT2D eigenvalue weighted by Gasteiger charge is -2.12. The summed E-state index contributed by atoms with van der Waals surface area (Å²) >= 11 is 0. The van der Waals surface area contributed by atoms with Gasteiger partial charge in [0.15, 0.2) is 0 Å². The molecule has 3 heteroatoms. The van der Waals surface area contributed by atoms with Gasteiger partial charge in [-0.05, 0) is 31.2 Å². The number of fused-ring (bicyclic) bond motifs is 1. The summed E-state index contributed by atoms with van der Waals surface area (Å²) in [6.45, 7) is 5.23. The first-order chi connectivity index (χ1) is 11.1. The van der Waals surface area contributed by atoms with Gasteiger partial charge in [-0.1, -0.05) is 49.0 Å². The number of ether oxygens (including phenoxy) is 2. The van der Waals surface area contributed by atoms with Crippen LogP contribution < -0.4 is 9.47 Å². The van der Waals surface area contributed by atoms with Crippen molar-refractivity contribution in [3.05, 3.63) is 78.9 Å². The molecule has 3 aromatic carbocycles. The molecule has 0 bridgehead atoms. The molecule has 0 aliphatic rings. The summed E-state index contributed by atoms with van der Waals surface area (Å²) < 4.78 is 11.3. The molecule has 3 rings (SSSR count). The lowest BCUT2D eigenvalue weighted by atomic mass is 10.1. The van der Waals surface area contributed by atoms with Gasteiger partial charge < -0.3 is 9.47 Å². The van der Waals surface area contributed by atoms with E-state index < -0.39 is 5.97 Å². The van der Waals surface area contributed by atoms with E-state index in [4.69, 9.17) is 9.47 Å². The quantitative estimate of drug-likeness (QED) is 0.381. The Bertz CT molecular complexity index is 866. The maximum atomic E-state index is 11.8. The molecular weight excluding hydrogens is 288 g/mol. The summed E-state index contributed by atoms with van der Waals surface area (Å²) in [7, 11) is 0. The molecule has 0 saturated heterocycles. The highest BCUT2D eigenvalue weighted by molar-refractivity contribution is 5.97. The van der Waals surface area contributed by atoms with E-state index in [0.717, 1.165) is 16.5 Å². The minimum Gasteiger partial charge on any atom is -0.457 e. The zero-order valence-corrected chi connectivity index (χ0v) is 12.8. The molecule has 0 aromatic heterocycles. The van der Waals surface area contributed by atoms with Crippen molar-refractivity contribution in [2.75, 3.05) is 0 Å². The molecule has 0 aliphatic heterocycles. The first kappa shape index (κ1) is 14.9. The van der Waals surface area contributed by atoms with Gasteiger partial charge in [-0.2, -0.15) is 0 Å². The summed E-state index contributed by atoms with van der Waals surface area (Å²) in [6.07, 6.45) is 0. The van der Waals surface area contributed by atoms with E-state index in [-0.39, 0.29) is 0 Å². The zero-order valence-electron chi connectivity index (χ0n) is 12.8. The largest absolute Gasteiger partial charge is 0.457 e. The molecule has 0 N–H and O–H groups in total. The van der Waals surface area contributed by atoms with Crippen molar-refractivity contribution in [3.8, 4) is 17.2 Å². The summed E-state index contributed by atoms with van der Waals surface area (Å²) in [5, 5.41) is 1.69. The third kappa shape index (κ3) is 3.24. The van der Waals surface area contributed by atoms with Gasteiger partial charge in [-0.15, -0.1) is 0 Å². The summed E-state index contributed by atoms with van der Waals surface area (Å²) in [5.74, 6) is 1.52. The second kappa shape index (κ2) is 6.36. The Morgan fingerprint density at radius 2 is 1.39 bits per heavy atom. The van der Waals surface area contributed by atoms with Crippen LogP contribution >= 0.6 is 0 Å². The Morgan fingerprint density at radius 3 is 2.04 bits per heavy atom. The zero-order chi connectivity index (χ0) is 16.2. The number of carbonyl (C=O) groups excluding carboxylic acids is 1. The van der Waals surface area contributed by atoms with E-state index in [1.165, 1.54) is 0 Å². The summed E-state index contributed by atoms with van der Waals surface area (Å²) in [5.41, 5.74) is 0.360. The molecule has 0 atom stereocenters. The number of rotatable bonds is 4. The van der Waals surface area contributed by atoms with Crippen molar-refractivity contribution in [3.63, 3.8) is 0 Å². The second-order valence-corrected chi connectivity index (χ2v) is 5.19. The van der Waals surface area contributed by atoms with Gasteiger partial charge in [0, 0.05) is 16.3 Å². The molecule has 0 amide bonds. The van der Waals surface area contributed by atoms with E-state index in [2.05, 4.69) is 6.58 Å². The number of hydrogen-bond donors (Lipinski definition) is 0. The van der Waals surface area contributed by atoms with Crippen LogP contribution in [0.4, 0.5) is 0 Å². The number of carbonyl (C=O) groups is 1. The van der Waals surface area contributed by atoms with Crippen LogP contribution in [0.25, 0.3) is 10.8 Å². The van der Waals surface area contributed by atoms with Gasteiger partial charge in [-0.25, -0.2) is 4.79 Å². The highest BCUT2D eigenvalue weighted by atomic mass is 16.5.